The van der Waals surface area contributed by atoms with E-state index in [9.17, 15) is 9.36 Å². The molecule has 0 unspecified atom stereocenters. The highest BCUT2D eigenvalue weighted by molar-refractivity contribution is 7.62. The van der Waals surface area contributed by atoms with Crippen molar-refractivity contribution < 1.29 is 9.36 Å². The molecule has 1 aromatic carbocycles. The van der Waals surface area contributed by atoms with Crippen molar-refractivity contribution in [1.82, 2.24) is 10.2 Å². The second-order valence-electron chi connectivity index (χ2n) is 5.40. The molecule has 0 saturated carbocycles. The number of nitrogens with zero attached hydrogens (tertiary/aromatic N) is 1. The van der Waals surface area contributed by atoms with Crippen molar-refractivity contribution in [1.29, 1.82) is 0 Å². The second kappa shape index (κ2) is 4.96. The van der Waals surface area contributed by atoms with Gasteiger partial charge in [0.05, 0.1) is 5.69 Å². The highest BCUT2D eigenvalue weighted by atomic mass is 31.2. The van der Waals surface area contributed by atoms with E-state index in [1.54, 1.807) is 24.3 Å². The number of carbonyl (C=O) groups excluding carboxylic acids is 1. The topological polar surface area (TPSA) is 87.5 Å². The average Bonchev–Trinajstić information content (AvgIpc) is 2.35. The maximum Gasteiger partial charge on any atom is 0.326 e. The number of primary amides is 1. The summed E-state index contributed by atoms with van der Waals surface area (Å²) < 4.78 is 14.0. The number of hydrogen-bond donors (Lipinski definition) is 3. The number of carbonyl (C=O) groups is 1. The van der Waals surface area contributed by atoms with Crippen LogP contribution in [0.25, 0.3) is 0 Å². The largest absolute Gasteiger partial charge is 0.351 e. The molecule has 104 valence electrons. The molecule has 1 aliphatic rings. The maximum atomic E-state index is 12.9. The van der Waals surface area contributed by atoms with Crippen molar-refractivity contribution in [2.75, 3.05) is 17.8 Å². The van der Waals surface area contributed by atoms with Gasteiger partial charge < -0.3 is 5.73 Å². The summed E-state index contributed by atoms with van der Waals surface area (Å²) in [6.45, 7) is 5.20. The number of anilines is 1. The molecule has 0 aromatic heterocycles. The van der Waals surface area contributed by atoms with Crippen LogP contribution in [-0.4, -0.2) is 19.1 Å². The molecule has 1 heterocycles. The Morgan fingerprint density at radius 2 is 1.79 bits per heavy atom. The van der Waals surface area contributed by atoms with Crippen LogP contribution < -0.4 is 20.6 Å². The van der Waals surface area contributed by atoms with Crippen LogP contribution in [0.4, 0.5) is 10.5 Å². The molecule has 19 heavy (non-hydrogen) atoms. The van der Waals surface area contributed by atoms with Crippen LogP contribution in [-0.2, 0) is 4.57 Å². The summed E-state index contributed by atoms with van der Waals surface area (Å²) in [6, 6.07) is 8.02. The lowest BCUT2D eigenvalue weighted by Gasteiger charge is -2.40. The van der Waals surface area contributed by atoms with E-state index >= 15 is 0 Å². The standard InChI is InChI=1S/C12H19N4O2P/c1-12(2)8-14-19(18,15-9-12)16(11(13)17)10-6-4-3-5-7-10/h3-7H,8-9H2,1-2H3,(H2,13,17)(H2,14,15,18). The van der Waals surface area contributed by atoms with Gasteiger partial charge in [-0.2, -0.15) is 0 Å². The molecule has 0 bridgehead atoms. The predicted octanol–water partition coefficient (Wildman–Crippen LogP) is 1.90. The normalized spacial score (nSPS) is 20.7. The zero-order chi connectivity index (χ0) is 14.1. The van der Waals surface area contributed by atoms with Gasteiger partial charge in [-0.15, -0.1) is 0 Å². The van der Waals surface area contributed by atoms with Gasteiger partial charge in [0, 0.05) is 13.1 Å². The van der Waals surface area contributed by atoms with Crippen molar-refractivity contribution in [3.63, 3.8) is 0 Å². The summed E-state index contributed by atoms with van der Waals surface area (Å²) in [7, 11) is -3.22. The molecule has 2 amide bonds. The second-order valence-corrected chi connectivity index (χ2v) is 7.58. The highest BCUT2D eigenvalue weighted by Crippen LogP contribution is 2.47. The van der Waals surface area contributed by atoms with Crippen molar-refractivity contribution in [3.8, 4) is 0 Å². The lowest BCUT2D eigenvalue weighted by molar-refractivity contribution is 0.256. The Kier molecular flexibility index (Phi) is 3.67. The van der Waals surface area contributed by atoms with E-state index in [-0.39, 0.29) is 5.41 Å². The number of rotatable bonds is 2. The summed E-state index contributed by atoms with van der Waals surface area (Å²) in [5, 5.41) is 5.87. The zero-order valence-corrected chi connectivity index (χ0v) is 12.0. The van der Waals surface area contributed by atoms with E-state index in [1.807, 2.05) is 19.9 Å². The van der Waals surface area contributed by atoms with Crippen molar-refractivity contribution in [2.45, 2.75) is 13.8 Å². The van der Waals surface area contributed by atoms with Gasteiger partial charge in [-0.1, -0.05) is 32.0 Å². The third kappa shape index (κ3) is 2.97. The maximum absolute atomic E-state index is 12.9. The summed E-state index contributed by atoms with van der Waals surface area (Å²) in [5.41, 5.74) is 5.88. The molecular formula is C12H19N4O2P. The molecule has 0 radical (unpaired) electrons. The van der Waals surface area contributed by atoms with Crippen LogP contribution in [0.2, 0.25) is 0 Å². The molecule has 4 N–H and O–H groups in total. The van der Waals surface area contributed by atoms with Crippen molar-refractivity contribution >= 4 is 19.3 Å². The first-order valence-electron chi connectivity index (χ1n) is 6.09. The minimum atomic E-state index is -3.22. The van der Waals surface area contributed by atoms with E-state index in [0.29, 0.717) is 18.8 Å². The Hall–Kier alpha value is -1.36. The molecule has 0 atom stereocenters. The van der Waals surface area contributed by atoms with E-state index in [0.717, 1.165) is 4.67 Å². The molecule has 1 aliphatic heterocycles. The average molecular weight is 282 g/mol. The van der Waals surface area contributed by atoms with Gasteiger partial charge in [0.1, 0.15) is 0 Å². The van der Waals surface area contributed by atoms with Gasteiger partial charge >= 0.3 is 13.6 Å². The molecule has 1 saturated heterocycles. The Bertz CT molecular complexity index is 504. The Morgan fingerprint density at radius 1 is 1.26 bits per heavy atom. The van der Waals surface area contributed by atoms with Gasteiger partial charge in [0.2, 0.25) is 0 Å². The predicted molar refractivity (Wildman–Crippen MR) is 75.9 cm³/mol. The molecular weight excluding hydrogens is 263 g/mol. The summed E-state index contributed by atoms with van der Waals surface area (Å²) in [5.74, 6) is 0. The first kappa shape index (κ1) is 14.1. The minimum absolute atomic E-state index is 0.0199. The molecule has 1 fully saturated rings. The smallest absolute Gasteiger partial charge is 0.326 e. The van der Waals surface area contributed by atoms with Crippen LogP contribution in [0, 0.1) is 5.41 Å². The van der Waals surface area contributed by atoms with Crippen LogP contribution in [0.1, 0.15) is 13.8 Å². The van der Waals surface area contributed by atoms with E-state index in [4.69, 9.17) is 5.73 Å². The number of benzene rings is 1. The quantitative estimate of drug-likeness (QED) is 0.723. The van der Waals surface area contributed by atoms with E-state index in [1.165, 1.54) is 0 Å². The lowest BCUT2D eigenvalue weighted by Crippen LogP contribution is -2.51. The zero-order valence-electron chi connectivity index (χ0n) is 11.1. The molecule has 2 rings (SSSR count). The fourth-order valence-electron chi connectivity index (χ4n) is 1.90. The number of urea groups is 1. The number of para-hydroxylation sites is 1. The first-order chi connectivity index (χ1) is 8.84. The van der Waals surface area contributed by atoms with Crippen LogP contribution >= 0.6 is 7.59 Å². The minimum Gasteiger partial charge on any atom is -0.351 e. The van der Waals surface area contributed by atoms with E-state index < -0.39 is 13.6 Å². The monoisotopic (exact) mass is 282 g/mol. The summed E-state index contributed by atoms with van der Waals surface area (Å²) >= 11 is 0. The van der Waals surface area contributed by atoms with Gasteiger partial charge in [0.15, 0.2) is 0 Å². The molecule has 6 nitrogen and oxygen atoms in total. The van der Waals surface area contributed by atoms with Crippen molar-refractivity contribution in [3.05, 3.63) is 30.3 Å². The summed E-state index contributed by atoms with van der Waals surface area (Å²) in [4.78, 5) is 11.7. The number of hydrogen-bond acceptors (Lipinski definition) is 2. The molecule has 7 heteroatoms. The van der Waals surface area contributed by atoms with Crippen LogP contribution in [0.5, 0.6) is 0 Å². The first-order valence-corrected chi connectivity index (χ1v) is 7.75. The SMILES string of the molecule is CC1(C)CNP(=O)(N(C(N)=O)c2ccccc2)NC1. The van der Waals surface area contributed by atoms with Crippen LogP contribution in [0.3, 0.4) is 0 Å². The number of nitrogens with one attached hydrogen (secondary N) is 2. The third-order valence-corrected chi connectivity index (χ3v) is 5.20. The molecule has 1 aromatic rings. The van der Waals surface area contributed by atoms with Gasteiger partial charge in [0.25, 0.3) is 0 Å². The van der Waals surface area contributed by atoms with Gasteiger partial charge in [-0.05, 0) is 17.5 Å². The fourth-order valence-corrected chi connectivity index (χ4v) is 4.32. The Balaban J connectivity index is 2.31. The summed E-state index contributed by atoms with van der Waals surface area (Å²) in [6.07, 6.45) is 0. The lowest BCUT2D eigenvalue weighted by atomic mass is 9.94. The fraction of sp³-hybridized carbons (Fsp3) is 0.417. The third-order valence-electron chi connectivity index (χ3n) is 3.04. The van der Waals surface area contributed by atoms with Crippen molar-refractivity contribution in [2.24, 2.45) is 11.1 Å². The highest BCUT2D eigenvalue weighted by Gasteiger charge is 2.40. The molecule has 0 aliphatic carbocycles. The van der Waals surface area contributed by atoms with Gasteiger partial charge in [-0.25, -0.2) is 19.6 Å². The Morgan fingerprint density at radius 3 is 2.26 bits per heavy atom. The van der Waals surface area contributed by atoms with Gasteiger partial charge in [-0.3, -0.25) is 4.57 Å². The Labute approximate surface area is 112 Å². The van der Waals surface area contributed by atoms with E-state index in [2.05, 4.69) is 10.2 Å². The number of amides is 2. The number of nitrogens with two attached hydrogens (primary N) is 1. The molecule has 0 spiro atoms. The van der Waals surface area contributed by atoms with Crippen LogP contribution in [0.15, 0.2) is 30.3 Å².